The molecule has 0 aliphatic heterocycles. The Morgan fingerprint density at radius 1 is 1.32 bits per heavy atom. The summed E-state index contributed by atoms with van der Waals surface area (Å²) in [4.78, 5) is 22.3. The van der Waals surface area contributed by atoms with Crippen molar-refractivity contribution in [1.29, 1.82) is 0 Å². The summed E-state index contributed by atoms with van der Waals surface area (Å²) in [5.74, 6) is -2.05. The van der Waals surface area contributed by atoms with Crippen molar-refractivity contribution in [1.82, 2.24) is 5.32 Å². The predicted octanol–water partition coefficient (Wildman–Crippen LogP) is 1.98. The van der Waals surface area contributed by atoms with E-state index in [0.717, 1.165) is 0 Å². The highest BCUT2D eigenvalue weighted by molar-refractivity contribution is 5.84. The van der Waals surface area contributed by atoms with Crippen molar-refractivity contribution in [2.45, 2.75) is 32.7 Å². The molecule has 0 fully saturated rings. The maximum Gasteiger partial charge on any atom is 0.325 e. The van der Waals surface area contributed by atoms with E-state index in [0.29, 0.717) is 18.4 Å². The number of aryl methyl sites for hydroxylation is 1. The number of carboxylic acid groups (broad SMARTS) is 1. The molecule has 1 rings (SSSR count). The number of aliphatic carboxylic acids is 1. The smallest absolute Gasteiger partial charge is 0.325 e. The molecule has 0 heterocycles. The third-order valence-electron chi connectivity index (χ3n) is 2.98. The van der Waals surface area contributed by atoms with E-state index in [1.54, 1.807) is 25.1 Å². The van der Waals surface area contributed by atoms with Crippen LogP contribution in [0.5, 0.6) is 0 Å². The highest BCUT2D eigenvalue weighted by Crippen LogP contribution is 2.13. The maximum atomic E-state index is 13.4. The molecule has 0 spiro atoms. The van der Waals surface area contributed by atoms with Crippen molar-refractivity contribution in [2.75, 3.05) is 0 Å². The summed E-state index contributed by atoms with van der Waals surface area (Å²) in [6, 6.07) is 5.51. The molecule has 1 aromatic rings. The molecule has 1 aromatic carbocycles. The predicted molar refractivity (Wildman–Crippen MR) is 69.1 cm³/mol. The zero-order chi connectivity index (χ0) is 14.4. The fraction of sp³-hybridized carbons (Fsp3) is 0.429. The van der Waals surface area contributed by atoms with Gasteiger partial charge in [0, 0.05) is 5.92 Å². The molecule has 0 aromatic heterocycles. The van der Waals surface area contributed by atoms with Gasteiger partial charge in [0.1, 0.15) is 11.9 Å². The molecule has 19 heavy (non-hydrogen) atoms. The van der Waals surface area contributed by atoms with Crippen molar-refractivity contribution >= 4 is 11.9 Å². The van der Waals surface area contributed by atoms with Crippen LogP contribution in [0.3, 0.4) is 0 Å². The van der Waals surface area contributed by atoms with Gasteiger partial charge in [-0.05, 0) is 31.4 Å². The van der Waals surface area contributed by atoms with Gasteiger partial charge in [-0.15, -0.1) is 0 Å². The molecular weight excluding hydrogens is 249 g/mol. The molecule has 0 saturated carbocycles. The SMILES string of the molecule is C[C@@H](CCc1ccccc1F)C(=O)N[C@H](C)C(=O)O. The van der Waals surface area contributed by atoms with Crippen molar-refractivity contribution in [2.24, 2.45) is 5.92 Å². The van der Waals surface area contributed by atoms with E-state index in [4.69, 9.17) is 5.11 Å². The first kappa shape index (κ1) is 15.1. The number of carbonyl (C=O) groups is 2. The summed E-state index contributed by atoms with van der Waals surface area (Å²) in [6.07, 6.45) is 0.918. The maximum absolute atomic E-state index is 13.4. The molecule has 0 bridgehead atoms. The summed E-state index contributed by atoms with van der Waals surface area (Å²) in [6.45, 7) is 3.11. The van der Waals surface area contributed by atoms with Crippen LogP contribution in [0.15, 0.2) is 24.3 Å². The number of amides is 1. The average molecular weight is 267 g/mol. The van der Waals surface area contributed by atoms with Gasteiger partial charge < -0.3 is 10.4 Å². The standard InChI is InChI=1S/C14H18FNO3/c1-9(13(17)16-10(2)14(18)19)7-8-11-5-3-4-6-12(11)15/h3-6,9-10H,7-8H2,1-2H3,(H,16,17)(H,18,19)/t9-,10+/m0/s1. The molecule has 4 nitrogen and oxygen atoms in total. The summed E-state index contributed by atoms with van der Waals surface area (Å²) in [7, 11) is 0. The van der Waals surface area contributed by atoms with Crippen LogP contribution in [-0.2, 0) is 16.0 Å². The van der Waals surface area contributed by atoms with Crippen LogP contribution in [-0.4, -0.2) is 23.0 Å². The lowest BCUT2D eigenvalue weighted by atomic mass is 10.00. The summed E-state index contributed by atoms with van der Waals surface area (Å²) < 4.78 is 13.4. The number of hydrogen-bond donors (Lipinski definition) is 2. The van der Waals surface area contributed by atoms with E-state index < -0.39 is 12.0 Å². The van der Waals surface area contributed by atoms with Crippen LogP contribution in [0.25, 0.3) is 0 Å². The molecule has 0 unspecified atom stereocenters. The summed E-state index contributed by atoms with van der Waals surface area (Å²) >= 11 is 0. The van der Waals surface area contributed by atoms with E-state index in [1.165, 1.54) is 13.0 Å². The van der Waals surface area contributed by atoms with Crippen LogP contribution in [0, 0.1) is 11.7 Å². The van der Waals surface area contributed by atoms with Crippen molar-refractivity contribution in [3.8, 4) is 0 Å². The molecule has 0 radical (unpaired) electrons. The lowest BCUT2D eigenvalue weighted by Crippen LogP contribution is -2.41. The molecule has 0 aliphatic carbocycles. The molecule has 1 amide bonds. The molecule has 5 heteroatoms. The first-order chi connectivity index (χ1) is 8.91. The van der Waals surface area contributed by atoms with Gasteiger partial charge >= 0.3 is 5.97 Å². The number of halogens is 1. The van der Waals surface area contributed by atoms with Gasteiger partial charge in [-0.25, -0.2) is 4.39 Å². The highest BCUT2D eigenvalue weighted by atomic mass is 19.1. The molecule has 104 valence electrons. The van der Waals surface area contributed by atoms with Crippen LogP contribution >= 0.6 is 0 Å². The van der Waals surface area contributed by atoms with E-state index in [-0.39, 0.29) is 17.6 Å². The number of hydrogen-bond acceptors (Lipinski definition) is 2. The third-order valence-corrected chi connectivity index (χ3v) is 2.98. The van der Waals surface area contributed by atoms with Gasteiger partial charge in [0.2, 0.25) is 5.91 Å². The minimum atomic E-state index is -1.07. The third kappa shape index (κ3) is 4.69. The van der Waals surface area contributed by atoms with Gasteiger partial charge in [0.15, 0.2) is 0 Å². The molecule has 0 saturated heterocycles. The second kappa shape index (κ2) is 6.87. The lowest BCUT2D eigenvalue weighted by molar-refractivity contribution is -0.141. The Labute approximate surface area is 111 Å². The Morgan fingerprint density at radius 3 is 2.53 bits per heavy atom. The number of benzene rings is 1. The molecule has 2 atom stereocenters. The van der Waals surface area contributed by atoms with Crippen molar-refractivity contribution < 1.29 is 19.1 Å². The van der Waals surface area contributed by atoms with Crippen LogP contribution in [0.1, 0.15) is 25.8 Å². The monoisotopic (exact) mass is 267 g/mol. The Kier molecular flexibility index (Phi) is 5.48. The first-order valence-electron chi connectivity index (χ1n) is 6.18. The quantitative estimate of drug-likeness (QED) is 0.828. The van der Waals surface area contributed by atoms with Gasteiger partial charge in [-0.2, -0.15) is 0 Å². The first-order valence-corrected chi connectivity index (χ1v) is 6.18. The Morgan fingerprint density at radius 2 is 1.95 bits per heavy atom. The second-order valence-electron chi connectivity index (χ2n) is 4.60. The van der Waals surface area contributed by atoms with Crippen LogP contribution < -0.4 is 5.32 Å². The van der Waals surface area contributed by atoms with Crippen molar-refractivity contribution in [3.05, 3.63) is 35.6 Å². The fourth-order valence-electron chi connectivity index (χ4n) is 1.62. The Hall–Kier alpha value is -1.91. The zero-order valence-electron chi connectivity index (χ0n) is 11.0. The topological polar surface area (TPSA) is 66.4 Å². The average Bonchev–Trinajstić information content (AvgIpc) is 2.37. The number of carbonyl (C=O) groups excluding carboxylic acids is 1. The zero-order valence-corrected chi connectivity index (χ0v) is 11.0. The van der Waals surface area contributed by atoms with Gasteiger partial charge in [0.25, 0.3) is 0 Å². The van der Waals surface area contributed by atoms with E-state index in [1.807, 2.05) is 0 Å². The van der Waals surface area contributed by atoms with Gasteiger partial charge in [0.05, 0.1) is 0 Å². The number of rotatable bonds is 6. The molecule has 2 N–H and O–H groups in total. The van der Waals surface area contributed by atoms with E-state index in [9.17, 15) is 14.0 Å². The van der Waals surface area contributed by atoms with Gasteiger partial charge in [-0.1, -0.05) is 25.1 Å². The molecular formula is C14H18FNO3. The van der Waals surface area contributed by atoms with E-state index >= 15 is 0 Å². The summed E-state index contributed by atoms with van der Waals surface area (Å²) in [5.41, 5.74) is 0.563. The molecule has 0 aliphatic rings. The van der Waals surface area contributed by atoms with Crippen LogP contribution in [0.4, 0.5) is 4.39 Å². The number of carboxylic acids is 1. The second-order valence-corrected chi connectivity index (χ2v) is 4.60. The minimum absolute atomic E-state index is 0.283. The van der Waals surface area contributed by atoms with E-state index in [2.05, 4.69) is 5.32 Å². The Balaban J connectivity index is 2.47. The fourth-order valence-corrected chi connectivity index (χ4v) is 1.62. The van der Waals surface area contributed by atoms with Crippen LogP contribution in [0.2, 0.25) is 0 Å². The summed E-state index contributed by atoms with van der Waals surface area (Å²) in [5, 5.41) is 11.1. The minimum Gasteiger partial charge on any atom is -0.480 e. The highest BCUT2D eigenvalue weighted by Gasteiger charge is 2.19. The normalized spacial score (nSPS) is 13.6. The van der Waals surface area contributed by atoms with Gasteiger partial charge in [-0.3, -0.25) is 9.59 Å². The Bertz CT molecular complexity index is 462. The van der Waals surface area contributed by atoms with Crippen molar-refractivity contribution in [3.63, 3.8) is 0 Å². The largest absolute Gasteiger partial charge is 0.480 e. The number of nitrogens with one attached hydrogen (secondary N) is 1. The lowest BCUT2D eigenvalue weighted by Gasteiger charge is -2.14.